The summed E-state index contributed by atoms with van der Waals surface area (Å²) in [6.07, 6.45) is 1.46. The van der Waals surface area contributed by atoms with Crippen molar-refractivity contribution in [3.05, 3.63) is 58.1 Å². The van der Waals surface area contributed by atoms with E-state index in [4.69, 9.17) is 0 Å². The normalized spacial score (nSPS) is 12.4. The molecule has 0 aliphatic heterocycles. The predicted molar refractivity (Wildman–Crippen MR) is 64.8 cm³/mol. The van der Waals surface area contributed by atoms with E-state index in [-0.39, 0.29) is 16.5 Å². The fraction of sp³-hybridized carbons (Fsp3) is 0.167. The fourth-order valence-corrected chi connectivity index (χ4v) is 1.92. The molecule has 3 nitrogen and oxygen atoms in total. The molecule has 0 saturated heterocycles. The van der Waals surface area contributed by atoms with E-state index in [1.165, 1.54) is 24.7 Å². The van der Waals surface area contributed by atoms with Crippen LogP contribution in [-0.4, -0.2) is 15.1 Å². The first-order valence-electron chi connectivity index (χ1n) is 5.16. The number of rotatable bonds is 3. The number of nitrogens with zero attached hydrogens (tertiary/aromatic N) is 2. The van der Waals surface area contributed by atoms with Crippen molar-refractivity contribution in [2.45, 2.75) is 12.5 Å². The van der Waals surface area contributed by atoms with Crippen LogP contribution in [0.1, 0.15) is 17.4 Å². The third kappa shape index (κ3) is 2.70. The molecule has 18 heavy (non-hydrogen) atoms. The van der Waals surface area contributed by atoms with Gasteiger partial charge in [0.25, 0.3) is 0 Å². The van der Waals surface area contributed by atoms with Gasteiger partial charge in [0.2, 0.25) is 0 Å². The van der Waals surface area contributed by atoms with Crippen LogP contribution in [0.15, 0.2) is 35.2 Å². The summed E-state index contributed by atoms with van der Waals surface area (Å²) in [6.45, 7) is 0. The van der Waals surface area contributed by atoms with E-state index in [1.807, 2.05) is 0 Å². The van der Waals surface area contributed by atoms with Gasteiger partial charge in [0.05, 0.1) is 10.2 Å². The number of hydrogen-bond acceptors (Lipinski definition) is 3. The Hall–Kier alpha value is -1.40. The molecule has 1 N–H and O–H groups in total. The van der Waals surface area contributed by atoms with Crippen molar-refractivity contribution in [1.29, 1.82) is 0 Å². The quantitative estimate of drug-likeness (QED) is 0.886. The number of halogens is 3. The van der Waals surface area contributed by atoms with Crippen molar-refractivity contribution in [3.8, 4) is 0 Å². The zero-order valence-corrected chi connectivity index (χ0v) is 10.7. The van der Waals surface area contributed by atoms with Crippen LogP contribution in [0.25, 0.3) is 0 Å². The topological polar surface area (TPSA) is 46.0 Å². The van der Waals surface area contributed by atoms with E-state index in [9.17, 15) is 13.9 Å². The van der Waals surface area contributed by atoms with Crippen molar-refractivity contribution >= 4 is 15.9 Å². The van der Waals surface area contributed by atoms with Crippen LogP contribution < -0.4 is 0 Å². The highest BCUT2D eigenvalue weighted by molar-refractivity contribution is 9.10. The van der Waals surface area contributed by atoms with Gasteiger partial charge in [-0.25, -0.2) is 18.7 Å². The Morgan fingerprint density at radius 1 is 1.28 bits per heavy atom. The van der Waals surface area contributed by atoms with Gasteiger partial charge in [-0.1, -0.05) is 0 Å². The molecule has 1 unspecified atom stereocenters. The van der Waals surface area contributed by atoms with Crippen LogP contribution in [0.2, 0.25) is 0 Å². The van der Waals surface area contributed by atoms with Crippen molar-refractivity contribution in [2.24, 2.45) is 0 Å². The summed E-state index contributed by atoms with van der Waals surface area (Å²) < 4.78 is 27.4. The smallest absolute Gasteiger partial charge is 0.143 e. The van der Waals surface area contributed by atoms with Gasteiger partial charge in [-0.15, -0.1) is 0 Å². The molecule has 0 aliphatic carbocycles. The molecular formula is C12H9BrF2N2O. The van der Waals surface area contributed by atoms with Gasteiger partial charge in [-0.3, -0.25) is 0 Å². The highest BCUT2D eigenvalue weighted by Crippen LogP contribution is 2.25. The van der Waals surface area contributed by atoms with Gasteiger partial charge in [-0.05, 0) is 34.1 Å². The summed E-state index contributed by atoms with van der Waals surface area (Å²) in [5, 5.41) is 9.87. The van der Waals surface area contributed by atoms with Crippen molar-refractivity contribution in [3.63, 3.8) is 0 Å². The molecule has 1 atom stereocenters. The Labute approximate surface area is 111 Å². The lowest BCUT2D eigenvalue weighted by atomic mass is 10.0. The lowest BCUT2D eigenvalue weighted by Crippen LogP contribution is -2.07. The average Bonchev–Trinajstić information content (AvgIpc) is 2.40. The molecule has 2 aromatic rings. The molecule has 0 bridgehead atoms. The Morgan fingerprint density at radius 2 is 2.06 bits per heavy atom. The Morgan fingerprint density at radius 3 is 2.72 bits per heavy atom. The predicted octanol–water partition coefficient (Wildman–Crippen LogP) is 2.79. The molecule has 0 aliphatic rings. The molecule has 1 aromatic heterocycles. The highest BCUT2D eigenvalue weighted by Gasteiger charge is 2.18. The van der Waals surface area contributed by atoms with E-state index in [0.717, 1.165) is 6.07 Å². The van der Waals surface area contributed by atoms with Crippen molar-refractivity contribution in [1.82, 2.24) is 9.97 Å². The van der Waals surface area contributed by atoms with Crippen LogP contribution in [-0.2, 0) is 6.42 Å². The first-order chi connectivity index (χ1) is 8.59. The first kappa shape index (κ1) is 13.0. The van der Waals surface area contributed by atoms with E-state index in [2.05, 4.69) is 25.9 Å². The molecule has 0 saturated carbocycles. The summed E-state index contributed by atoms with van der Waals surface area (Å²) in [4.78, 5) is 7.55. The third-order valence-electron chi connectivity index (χ3n) is 2.48. The molecule has 94 valence electrons. The maximum absolute atomic E-state index is 13.7. The largest absolute Gasteiger partial charge is 0.386 e. The van der Waals surface area contributed by atoms with Gasteiger partial charge < -0.3 is 5.11 Å². The SMILES string of the molecule is OC(Cc1c(F)ccc(Br)c1F)c1ccncn1. The first-order valence-corrected chi connectivity index (χ1v) is 5.95. The minimum absolute atomic E-state index is 0.161. The summed E-state index contributed by atoms with van der Waals surface area (Å²) in [7, 11) is 0. The lowest BCUT2D eigenvalue weighted by Gasteiger charge is -2.11. The molecule has 0 fully saturated rings. The number of aliphatic hydroxyl groups is 1. The summed E-state index contributed by atoms with van der Waals surface area (Å²) in [5.74, 6) is -1.40. The van der Waals surface area contributed by atoms with Crippen molar-refractivity contribution < 1.29 is 13.9 Å². The highest BCUT2D eigenvalue weighted by atomic mass is 79.9. The van der Waals surface area contributed by atoms with Crippen LogP contribution in [0.5, 0.6) is 0 Å². The number of aliphatic hydroxyl groups excluding tert-OH is 1. The molecule has 6 heteroatoms. The molecule has 0 spiro atoms. The maximum Gasteiger partial charge on any atom is 0.143 e. The second-order valence-electron chi connectivity index (χ2n) is 3.68. The zero-order valence-electron chi connectivity index (χ0n) is 9.15. The standard InChI is InChI=1S/C12H9BrF2N2O/c13-8-1-2-9(14)7(12(8)15)5-11(18)10-3-4-16-6-17-10/h1-4,6,11,18H,5H2. The van der Waals surface area contributed by atoms with E-state index in [1.54, 1.807) is 0 Å². The van der Waals surface area contributed by atoms with Crippen LogP contribution in [0.4, 0.5) is 8.78 Å². The minimum Gasteiger partial charge on any atom is -0.386 e. The summed E-state index contributed by atoms with van der Waals surface area (Å²) in [5.41, 5.74) is 0.152. The van der Waals surface area contributed by atoms with E-state index < -0.39 is 17.7 Å². The molecule has 1 heterocycles. The monoisotopic (exact) mass is 314 g/mol. The average molecular weight is 315 g/mol. The Kier molecular flexibility index (Phi) is 3.98. The Bertz CT molecular complexity index is 551. The number of aromatic nitrogens is 2. The summed E-state index contributed by atoms with van der Waals surface area (Å²) >= 11 is 2.98. The molecule has 0 amide bonds. The number of hydrogen-bond donors (Lipinski definition) is 1. The van der Waals surface area contributed by atoms with Crippen molar-refractivity contribution in [2.75, 3.05) is 0 Å². The van der Waals surface area contributed by atoms with E-state index in [0.29, 0.717) is 5.69 Å². The zero-order chi connectivity index (χ0) is 13.1. The lowest BCUT2D eigenvalue weighted by molar-refractivity contribution is 0.170. The van der Waals surface area contributed by atoms with Crippen LogP contribution in [0.3, 0.4) is 0 Å². The maximum atomic E-state index is 13.7. The molecule has 1 aromatic carbocycles. The van der Waals surface area contributed by atoms with Crippen LogP contribution in [0, 0.1) is 11.6 Å². The fourth-order valence-electron chi connectivity index (χ4n) is 1.55. The second-order valence-corrected chi connectivity index (χ2v) is 4.53. The second kappa shape index (κ2) is 5.49. The third-order valence-corrected chi connectivity index (χ3v) is 3.10. The molecule has 2 rings (SSSR count). The Balaban J connectivity index is 2.27. The van der Waals surface area contributed by atoms with Gasteiger partial charge in [0.1, 0.15) is 24.1 Å². The van der Waals surface area contributed by atoms with E-state index >= 15 is 0 Å². The molecule has 0 radical (unpaired) electrons. The molecular weight excluding hydrogens is 306 g/mol. The van der Waals surface area contributed by atoms with Gasteiger partial charge in [0, 0.05) is 18.2 Å². The van der Waals surface area contributed by atoms with Crippen LogP contribution >= 0.6 is 15.9 Å². The summed E-state index contributed by atoms with van der Waals surface area (Å²) in [6, 6.07) is 3.93. The number of benzene rings is 1. The minimum atomic E-state index is -1.08. The van der Waals surface area contributed by atoms with Gasteiger partial charge >= 0.3 is 0 Å². The van der Waals surface area contributed by atoms with Gasteiger partial charge in [-0.2, -0.15) is 0 Å². The van der Waals surface area contributed by atoms with Gasteiger partial charge in [0.15, 0.2) is 0 Å².